The maximum Gasteiger partial charge on any atom is 0.274 e. The molecule has 0 aromatic heterocycles. The highest BCUT2D eigenvalue weighted by molar-refractivity contribution is 7.87. The molecule has 0 aliphatic rings. The van der Waals surface area contributed by atoms with Gasteiger partial charge in [0, 0.05) is 12.3 Å². The maximum absolute atomic E-state index is 10.0. The summed E-state index contributed by atoms with van der Waals surface area (Å²) in [4.78, 5) is 0. The zero-order chi connectivity index (χ0) is 6.62. The highest BCUT2D eigenvalue weighted by Crippen LogP contribution is 1.70. The molecule has 0 fully saturated rings. The molecule has 3 N–H and O–H groups in total. The molecule has 0 aromatic rings. The van der Waals surface area contributed by atoms with Crippen LogP contribution in [0.5, 0.6) is 0 Å². The third-order valence-electron chi connectivity index (χ3n) is 0.415. The molecule has 0 radical (unpaired) electrons. The lowest BCUT2D eigenvalue weighted by molar-refractivity contribution is 0.586. The topological polar surface area (TPSA) is 72.2 Å². The van der Waals surface area contributed by atoms with Crippen LogP contribution in [0.15, 0.2) is 0 Å². The lowest BCUT2D eigenvalue weighted by atomic mass is 10.8. The van der Waals surface area contributed by atoms with Gasteiger partial charge in [-0.25, -0.2) is 9.86 Å². The Balaban J connectivity index is 3.42. The summed E-state index contributed by atoms with van der Waals surface area (Å²) in [6.45, 7) is 0.280. The Morgan fingerprint density at radius 2 is 2.12 bits per heavy atom. The van der Waals surface area contributed by atoms with Gasteiger partial charge in [-0.2, -0.15) is 21.0 Å². The van der Waals surface area contributed by atoms with Gasteiger partial charge in [-0.1, -0.05) is 0 Å². The van der Waals surface area contributed by atoms with Gasteiger partial charge in [0.2, 0.25) is 0 Å². The molecule has 0 amide bonds. The van der Waals surface area contributed by atoms with Gasteiger partial charge < -0.3 is 0 Å². The Hall–Kier alpha value is 0.220. The number of hydrogen-bond acceptors (Lipinski definition) is 3. The standard InChI is InChI=1S/C2H8N2O2S2/c3-8(5,6)4-1-2-7/h4,7H,1-2H2,(H2,3,5,6). The molecule has 0 saturated carbocycles. The Kier molecular flexibility index (Phi) is 3.38. The van der Waals surface area contributed by atoms with Crippen LogP contribution in [0, 0.1) is 0 Å². The first-order valence-electron chi connectivity index (χ1n) is 1.94. The number of nitrogens with two attached hydrogens (primary N) is 1. The van der Waals surface area contributed by atoms with E-state index in [4.69, 9.17) is 0 Å². The van der Waals surface area contributed by atoms with Crippen molar-refractivity contribution in [2.45, 2.75) is 0 Å². The third kappa shape index (κ3) is 6.22. The highest BCUT2D eigenvalue weighted by atomic mass is 32.2. The Morgan fingerprint density at radius 3 is 2.25 bits per heavy atom. The maximum atomic E-state index is 10.0. The van der Waals surface area contributed by atoms with Gasteiger partial charge in [0.05, 0.1) is 0 Å². The summed E-state index contributed by atoms with van der Waals surface area (Å²) in [6.07, 6.45) is 0. The van der Waals surface area contributed by atoms with Crippen LogP contribution in [0.1, 0.15) is 0 Å². The van der Waals surface area contributed by atoms with Crippen molar-refractivity contribution in [1.29, 1.82) is 0 Å². The fourth-order valence-electron chi connectivity index (χ4n) is 0.188. The van der Waals surface area contributed by atoms with Gasteiger partial charge >= 0.3 is 0 Å². The Morgan fingerprint density at radius 1 is 1.62 bits per heavy atom. The molecule has 50 valence electrons. The first-order chi connectivity index (χ1) is 3.56. The summed E-state index contributed by atoms with van der Waals surface area (Å²) in [5.41, 5.74) is 0. The summed E-state index contributed by atoms with van der Waals surface area (Å²) >= 11 is 3.75. The van der Waals surface area contributed by atoms with Crippen LogP contribution in [-0.4, -0.2) is 20.7 Å². The Labute approximate surface area is 54.0 Å². The molecule has 6 heteroatoms. The van der Waals surface area contributed by atoms with E-state index in [2.05, 4.69) is 17.8 Å². The molecule has 4 nitrogen and oxygen atoms in total. The number of hydrogen-bond donors (Lipinski definition) is 3. The van der Waals surface area contributed by atoms with Crippen molar-refractivity contribution in [3.05, 3.63) is 0 Å². The average Bonchev–Trinajstić information content (AvgIpc) is 1.59. The van der Waals surface area contributed by atoms with Gasteiger partial charge in [0.15, 0.2) is 0 Å². The van der Waals surface area contributed by atoms with Crippen LogP contribution < -0.4 is 9.86 Å². The predicted molar refractivity (Wildman–Crippen MR) is 35.0 cm³/mol. The summed E-state index contributed by atoms with van der Waals surface area (Å²) < 4.78 is 22.1. The van der Waals surface area contributed by atoms with Gasteiger partial charge in [0.25, 0.3) is 10.2 Å². The summed E-state index contributed by atoms with van der Waals surface area (Å²) in [5, 5.41) is 4.55. The minimum absolute atomic E-state index is 0.280. The first-order valence-corrected chi connectivity index (χ1v) is 4.12. The Bertz CT molecular complexity index is 140. The van der Waals surface area contributed by atoms with Gasteiger partial charge in [-0.15, -0.1) is 0 Å². The van der Waals surface area contributed by atoms with E-state index in [0.717, 1.165) is 0 Å². The molecule has 0 aliphatic carbocycles. The molecular formula is C2H8N2O2S2. The van der Waals surface area contributed by atoms with E-state index in [0.29, 0.717) is 5.75 Å². The molecule has 0 aromatic carbocycles. The molecular weight excluding hydrogens is 148 g/mol. The molecule has 0 heterocycles. The lowest BCUT2D eigenvalue weighted by Gasteiger charge is -1.94. The van der Waals surface area contributed by atoms with E-state index in [1.54, 1.807) is 0 Å². The van der Waals surface area contributed by atoms with E-state index in [9.17, 15) is 8.42 Å². The minimum Gasteiger partial charge on any atom is -0.216 e. The predicted octanol–water partition coefficient (Wildman–Crippen LogP) is -1.29. The van der Waals surface area contributed by atoms with Gasteiger partial charge in [-0.05, 0) is 0 Å². The van der Waals surface area contributed by atoms with Crippen molar-refractivity contribution < 1.29 is 8.42 Å². The fraction of sp³-hybridized carbons (Fsp3) is 1.00. The van der Waals surface area contributed by atoms with Crippen molar-refractivity contribution in [2.24, 2.45) is 5.14 Å². The highest BCUT2D eigenvalue weighted by Gasteiger charge is 1.95. The van der Waals surface area contributed by atoms with E-state index >= 15 is 0 Å². The van der Waals surface area contributed by atoms with Crippen LogP contribution >= 0.6 is 12.6 Å². The molecule has 0 spiro atoms. The van der Waals surface area contributed by atoms with Crippen molar-refractivity contribution in [1.82, 2.24) is 4.72 Å². The summed E-state index contributed by atoms with van der Waals surface area (Å²) in [7, 11) is -3.49. The van der Waals surface area contributed by atoms with E-state index in [1.807, 2.05) is 4.72 Å². The van der Waals surface area contributed by atoms with Crippen molar-refractivity contribution in [3.8, 4) is 0 Å². The second-order valence-electron chi connectivity index (χ2n) is 1.16. The van der Waals surface area contributed by atoms with Crippen molar-refractivity contribution >= 4 is 22.8 Å². The summed E-state index contributed by atoms with van der Waals surface area (Å²) in [6, 6.07) is 0. The SMILES string of the molecule is NS(=O)(=O)NCCS. The second-order valence-corrected chi connectivity index (χ2v) is 2.99. The van der Waals surface area contributed by atoms with Crippen molar-refractivity contribution in [3.63, 3.8) is 0 Å². The quantitative estimate of drug-likeness (QED) is 0.445. The molecule has 0 unspecified atom stereocenters. The number of rotatable bonds is 3. The smallest absolute Gasteiger partial charge is 0.216 e. The minimum atomic E-state index is -3.49. The molecule has 0 saturated heterocycles. The number of nitrogens with one attached hydrogen (secondary N) is 1. The zero-order valence-corrected chi connectivity index (χ0v) is 5.87. The van der Waals surface area contributed by atoms with Crippen LogP contribution in [0.2, 0.25) is 0 Å². The van der Waals surface area contributed by atoms with Crippen molar-refractivity contribution in [2.75, 3.05) is 12.3 Å². The first kappa shape index (κ1) is 8.22. The van der Waals surface area contributed by atoms with Crippen LogP contribution in [0.3, 0.4) is 0 Å². The van der Waals surface area contributed by atoms with E-state index in [1.165, 1.54) is 0 Å². The van der Waals surface area contributed by atoms with Gasteiger partial charge in [0.1, 0.15) is 0 Å². The molecule has 0 atom stereocenters. The average molecular weight is 156 g/mol. The van der Waals surface area contributed by atoms with E-state index in [-0.39, 0.29) is 6.54 Å². The van der Waals surface area contributed by atoms with Gasteiger partial charge in [-0.3, -0.25) is 0 Å². The third-order valence-corrected chi connectivity index (χ3v) is 1.25. The molecule has 8 heavy (non-hydrogen) atoms. The molecule has 0 aliphatic heterocycles. The monoisotopic (exact) mass is 156 g/mol. The van der Waals surface area contributed by atoms with Crippen LogP contribution in [-0.2, 0) is 10.2 Å². The molecule has 0 rings (SSSR count). The van der Waals surface area contributed by atoms with Crippen LogP contribution in [0.25, 0.3) is 0 Å². The summed E-state index contributed by atoms with van der Waals surface area (Å²) in [5.74, 6) is 0.455. The van der Waals surface area contributed by atoms with E-state index < -0.39 is 10.2 Å². The molecule has 0 bridgehead atoms. The fourth-order valence-corrected chi connectivity index (χ4v) is 0.838. The largest absolute Gasteiger partial charge is 0.274 e. The number of thiol groups is 1. The second kappa shape index (κ2) is 3.29. The van der Waals surface area contributed by atoms with Crippen LogP contribution in [0.4, 0.5) is 0 Å². The lowest BCUT2D eigenvalue weighted by Crippen LogP contribution is -2.32. The normalized spacial score (nSPS) is 11.8. The zero-order valence-electron chi connectivity index (χ0n) is 4.16.